The van der Waals surface area contributed by atoms with Gasteiger partial charge in [0.25, 0.3) is 0 Å². The van der Waals surface area contributed by atoms with Crippen molar-refractivity contribution in [1.29, 1.82) is 0 Å². The molecule has 1 aromatic carbocycles. The van der Waals surface area contributed by atoms with Crippen molar-refractivity contribution >= 4 is 10.9 Å². The molecule has 1 saturated heterocycles. The van der Waals surface area contributed by atoms with Crippen molar-refractivity contribution in [3.8, 4) is 0 Å². The second kappa shape index (κ2) is 6.08. The standard InChI is InChI=1S/C20H28N2/c1-14-6-3-2-4-12-21-20-17(14)8-5-7-15-9-10-16-11-13-22-19(16)18(15)20/h9-11,13-14,17,20-22H,2-8,12H2,1H3/t14-,17?,20-/m1/s1. The van der Waals surface area contributed by atoms with E-state index in [2.05, 4.69) is 41.6 Å². The number of hydrogen-bond acceptors (Lipinski definition) is 1. The quantitative estimate of drug-likeness (QED) is 0.706. The lowest BCUT2D eigenvalue weighted by Crippen LogP contribution is -2.32. The molecule has 1 aliphatic carbocycles. The summed E-state index contributed by atoms with van der Waals surface area (Å²) >= 11 is 0. The van der Waals surface area contributed by atoms with Gasteiger partial charge >= 0.3 is 0 Å². The molecule has 1 aromatic heterocycles. The van der Waals surface area contributed by atoms with E-state index in [0.29, 0.717) is 6.04 Å². The fourth-order valence-corrected chi connectivity index (χ4v) is 4.78. The van der Waals surface area contributed by atoms with Crippen molar-refractivity contribution in [2.45, 2.75) is 57.9 Å². The molecule has 2 aromatic rings. The van der Waals surface area contributed by atoms with Crippen molar-refractivity contribution in [2.75, 3.05) is 6.54 Å². The van der Waals surface area contributed by atoms with Crippen molar-refractivity contribution in [3.63, 3.8) is 0 Å². The Morgan fingerprint density at radius 3 is 2.91 bits per heavy atom. The first-order valence-electron chi connectivity index (χ1n) is 9.17. The monoisotopic (exact) mass is 296 g/mol. The number of aromatic nitrogens is 1. The van der Waals surface area contributed by atoms with E-state index < -0.39 is 0 Å². The largest absolute Gasteiger partial charge is 0.361 e. The van der Waals surface area contributed by atoms with E-state index in [1.54, 1.807) is 11.1 Å². The third kappa shape index (κ3) is 2.48. The van der Waals surface area contributed by atoms with Crippen LogP contribution in [0.4, 0.5) is 0 Å². The molecule has 1 aliphatic heterocycles. The van der Waals surface area contributed by atoms with E-state index in [9.17, 15) is 0 Å². The predicted molar refractivity (Wildman–Crippen MR) is 93.1 cm³/mol. The molecule has 0 spiro atoms. The maximum Gasteiger partial charge on any atom is 0.0505 e. The van der Waals surface area contributed by atoms with Gasteiger partial charge in [0, 0.05) is 12.2 Å². The fraction of sp³-hybridized carbons (Fsp3) is 0.600. The van der Waals surface area contributed by atoms with E-state index in [4.69, 9.17) is 0 Å². The number of nitrogens with one attached hydrogen (secondary N) is 2. The van der Waals surface area contributed by atoms with Gasteiger partial charge in [0.2, 0.25) is 0 Å². The Balaban J connectivity index is 1.83. The van der Waals surface area contributed by atoms with Crippen LogP contribution in [0.25, 0.3) is 10.9 Å². The van der Waals surface area contributed by atoms with E-state index >= 15 is 0 Å². The van der Waals surface area contributed by atoms with Gasteiger partial charge in [-0.25, -0.2) is 0 Å². The molecule has 1 fully saturated rings. The van der Waals surface area contributed by atoms with Crippen molar-refractivity contribution in [3.05, 3.63) is 35.5 Å². The van der Waals surface area contributed by atoms with Gasteiger partial charge in [0.1, 0.15) is 0 Å². The van der Waals surface area contributed by atoms with Crippen LogP contribution in [0.3, 0.4) is 0 Å². The van der Waals surface area contributed by atoms with Crippen LogP contribution in [0, 0.1) is 11.8 Å². The summed E-state index contributed by atoms with van der Waals surface area (Å²) < 4.78 is 0. The smallest absolute Gasteiger partial charge is 0.0505 e. The number of H-pyrrole nitrogens is 1. The van der Waals surface area contributed by atoms with Gasteiger partial charge in [0.15, 0.2) is 0 Å². The molecular formula is C20H28N2. The minimum Gasteiger partial charge on any atom is -0.361 e. The summed E-state index contributed by atoms with van der Waals surface area (Å²) in [6.07, 6.45) is 11.6. The van der Waals surface area contributed by atoms with Crippen LogP contribution in [0.1, 0.15) is 62.6 Å². The summed E-state index contributed by atoms with van der Waals surface area (Å²) in [5.74, 6) is 1.61. The zero-order valence-corrected chi connectivity index (χ0v) is 13.7. The number of fused-ring (bicyclic) bond motifs is 5. The topological polar surface area (TPSA) is 27.8 Å². The van der Waals surface area contributed by atoms with Crippen molar-refractivity contribution < 1.29 is 0 Å². The highest BCUT2D eigenvalue weighted by molar-refractivity contribution is 5.84. The van der Waals surface area contributed by atoms with Gasteiger partial charge in [-0.15, -0.1) is 0 Å². The molecule has 22 heavy (non-hydrogen) atoms. The zero-order valence-electron chi connectivity index (χ0n) is 13.7. The molecule has 0 amide bonds. The van der Waals surface area contributed by atoms with Gasteiger partial charge in [-0.05, 0) is 66.6 Å². The van der Waals surface area contributed by atoms with E-state index in [1.165, 1.54) is 62.4 Å². The molecule has 2 nitrogen and oxygen atoms in total. The molecular weight excluding hydrogens is 268 g/mol. The molecule has 2 aliphatic rings. The molecule has 2 N–H and O–H groups in total. The van der Waals surface area contributed by atoms with Crippen LogP contribution < -0.4 is 5.32 Å². The van der Waals surface area contributed by atoms with Crippen molar-refractivity contribution in [1.82, 2.24) is 10.3 Å². The summed E-state index contributed by atoms with van der Waals surface area (Å²) in [5, 5.41) is 5.32. The first-order chi connectivity index (χ1) is 10.8. The normalized spacial score (nSPS) is 29.8. The number of aromatic amines is 1. The molecule has 2 heterocycles. The van der Waals surface area contributed by atoms with E-state index in [1.807, 2.05) is 0 Å². The summed E-state index contributed by atoms with van der Waals surface area (Å²) in [4.78, 5) is 3.54. The van der Waals surface area contributed by atoms with Crippen molar-refractivity contribution in [2.24, 2.45) is 11.8 Å². The number of benzene rings is 1. The number of aryl methyl sites for hydroxylation is 1. The fourth-order valence-electron chi connectivity index (χ4n) is 4.78. The van der Waals surface area contributed by atoms with Crippen LogP contribution >= 0.6 is 0 Å². The summed E-state index contributed by atoms with van der Waals surface area (Å²) in [7, 11) is 0. The molecule has 1 unspecified atom stereocenters. The van der Waals surface area contributed by atoms with Gasteiger partial charge < -0.3 is 10.3 Å². The third-order valence-corrected chi connectivity index (χ3v) is 6.01. The highest BCUT2D eigenvalue weighted by Gasteiger charge is 2.33. The lowest BCUT2D eigenvalue weighted by atomic mass is 9.79. The molecule has 0 saturated carbocycles. The Labute approximate surface area is 133 Å². The van der Waals surface area contributed by atoms with Gasteiger partial charge in [-0.2, -0.15) is 0 Å². The Morgan fingerprint density at radius 2 is 1.95 bits per heavy atom. The molecule has 0 bridgehead atoms. The van der Waals surface area contributed by atoms with E-state index in [0.717, 1.165) is 11.8 Å². The average molecular weight is 296 g/mol. The van der Waals surface area contributed by atoms with Crippen LogP contribution in [0.5, 0.6) is 0 Å². The maximum atomic E-state index is 3.95. The Kier molecular flexibility index (Phi) is 3.96. The highest BCUT2D eigenvalue weighted by atomic mass is 14.9. The minimum absolute atomic E-state index is 0.535. The predicted octanol–water partition coefficient (Wildman–Crippen LogP) is 4.96. The van der Waals surface area contributed by atoms with Crippen LogP contribution in [0.15, 0.2) is 24.4 Å². The second-order valence-electron chi connectivity index (χ2n) is 7.39. The lowest BCUT2D eigenvalue weighted by molar-refractivity contribution is 0.245. The number of hydrogen-bond donors (Lipinski definition) is 2. The Bertz CT molecular complexity index is 642. The van der Waals surface area contributed by atoms with Gasteiger partial charge in [-0.1, -0.05) is 38.3 Å². The highest BCUT2D eigenvalue weighted by Crippen LogP contribution is 2.42. The summed E-state index contributed by atoms with van der Waals surface area (Å²) in [6, 6.07) is 7.43. The molecule has 3 atom stereocenters. The lowest BCUT2D eigenvalue weighted by Gasteiger charge is -2.32. The molecule has 2 heteroatoms. The SMILES string of the molecule is C[C@@H]1CCCCCN[C@H]2c3c(ccc4cc[nH]c34)CCCC12. The third-order valence-electron chi connectivity index (χ3n) is 6.01. The van der Waals surface area contributed by atoms with Gasteiger partial charge in [0.05, 0.1) is 5.52 Å². The Hall–Kier alpha value is -1.28. The zero-order chi connectivity index (χ0) is 14.9. The molecule has 118 valence electrons. The van der Waals surface area contributed by atoms with Gasteiger partial charge in [-0.3, -0.25) is 0 Å². The second-order valence-corrected chi connectivity index (χ2v) is 7.39. The first-order valence-corrected chi connectivity index (χ1v) is 9.17. The van der Waals surface area contributed by atoms with E-state index in [-0.39, 0.29) is 0 Å². The maximum absolute atomic E-state index is 3.95. The molecule has 4 rings (SSSR count). The first kappa shape index (κ1) is 14.3. The minimum atomic E-state index is 0.535. The summed E-state index contributed by atoms with van der Waals surface area (Å²) in [6.45, 7) is 3.66. The number of rotatable bonds is 0. The summed E-state index contributed by atoms with van der Waals surface area (Å²) in [5.41, 5.74) is 4.54. The average Bonchev–Trinajstić information content (AvgIpc) is 2.95. The van der Waals surface area contributed by atoms with Crippen LogP contribution in [0.2, 0.25) is 0 Å². The Morgan fingerprint density at radius 1 is 1.00 bits per heavy atom. The molecule has 0 radical (unpaired) electrons. The van der Waals surface area contributed by atoms with Crippen LogP contribution in [-0.4, -0.2) is 11.5 Å². The van der Waals surface area contributed by atoms with Crippen LogP contribution in [-0.2, 0) is 6.42 Å².